The normalized spacial score (nSPS) is 12.7. The van der Waals surface area contributed by atoms with Crippen LogP contribution in [0.2, 0.25) is 0 Å². The highest BCUT2D eigenvalue weighted by Crippen LogP contribution is 2.26. The standard InChI is InChI=1S/C30H41N3O4S/c1-8-15-33(28(35)25(14-16-38-7)32-29(36)37-30(4,5)6)26(24-18-21(2)17-22(3)19-24)27(34)31-20-23-12-10-9-11-13-23/h8-13,17-19,25-26H,1,14-16,20H2,2-7H3,(H,31,34)(H,32,36). The van der Waals surface area contributed by atoms with Crippen molar-refractivity contribution in [2.24, 2.45) is 0 Å². The Morgan fingerprint density at radius 2 is 1.71 bits per heavy atom. The Kier molecular flexibility index (Phi) is 11.9. The Bertz CT molecular complexity index is 1080. The molecule has 38 heavy (non-hydrogen) atoms. The van der Waals surface area contributed by atoms with Gasteiger partial charge < -0.3 is 20.3 Å². The highest BCUT2D eigenvalue weighted by Gasteiger charge is 2.35. The van der Waals surface area contributed by atoms with E-state index in [4.69, 9.17) is 4.74 Å². The molecule has 2 atom stereocenters. The number of nitrogens with zero attached hydrogens (tertiary/aromatic N) is 1. The van der Waals surface area contributed by atoms with Crippen molar-refractivity contribution in [2.45, 2.75) is 65.3 Å². The first kappa shape index (κ1) is 31.0. The number of thioether (sulfide) groups is 1. The molecule has 0 saturated carbocycles. The van der Waals surface area contributed by atoms with E-state index in [9.17, 15) is 14.4 Å². The number of hydrogen-bond donors (Lipinski definition) is 2. The number of nitrogens with one attached hydrogen (secondary N) is 2. The van der Waals surface area contributed by atoms with Gasteiger partial charge in [-0.05, 0) is 64.2 Å². The van der Waals surface area contributed by atoms with Crippen LogP contribution in [0, 0.1) is 13.8 Å². The van der Waals surface area contributed by atoms with Crippen molar-refractivity contribution in [3.8, 4) is 0 Å². The SMILES string of the molecule is C=CCN(C(=O)C(CCSC)NC(=O)OC(C)(C)C)C(C(=O)NCc1ccccc1)c1cc(C)cc(C)c1. The van der Waals surface area contributed by atoms with Crippen LogP contribution in [0.3, 0.4) is 0 Å². The van der Waals surface area contributed by atoms with Crippen LogP contribution in [-0.2, 0) is 20.9 Å². The van der Waals surface area contributed by atoms with E-state index in [0.29, 0.717) is 24.3 Å². The molecular weight excluding hydrogens is 498 g/mol. The maximum absolute atomic E-state index is 14.0. The minimum absolute atomic E-state index is 0.126. The average molecular weight is 540 g/mol. The third-order valence-electron chi connectivity index (χ3n) is 5.64. The van der Waals surface area contributed by atoms with Gasteiger partial charge >= 0.3 is 6.09 Å². The van der Waals surface area contributed by atoms with Crippen molar-refractivity contribution >= 4 is 29.7 Å². The van der Waals surface area contributed by atoms with Crippen LogP contribution in [0.25, 0.3) is 0 Å². The highest BCUT2D eigenvalue weighted by atomic mass is 32.2. The quantitative estimate of drug-likeness (QED) is 0.357. The molecule has 2 unspecified atom stereocenters. The van der Waals surface area contributed by atoms with Crippen LogP contribution < -0.4 is 10.6 Å². The number of rotatable bonds is 12. The Hall–Kier alpha value is -3.26. The first-order chi connectivity index (χ1) is 17.9. The molecule has 0 spiro atoms. The Balaban J connectivity index is 2.46. The topological polar surface area (TPSA) is 87.7 Å². The molecule has 2 rings (SSSR count). The Labute approximate surface area is 231 Å². The molecule has 0 aliphatic heterocycles. The molecule has 0 aliphatic carbocycles. The van der Waals surface area contributed by atoms with Crippen molar-refractivity contribution in [2.75, 3.05) is 18.6 Å². The maximum Gasteiger partial charge on any atom is 0.408 e. The predicted octanol–water partition coefficient (Wildman–Crippen LogP) is 5.32. The lowest BCUT2D eigenvalue weighted by atomic mass is 9.98. The van der Waals surface area contributed by atoms with E-state index in [1.807, 2.05) is 68.6 Å². The van der Waals surface area contributed by atoms with Crippen molar-refractivity contribution in [3.05, 3.63) is 83.4 Å². The molecule has 0 saturated heterocycles. The van der Waals surface area contributed by atoms with Gasteiger partial charge in [-0.25, -0.2) is 4.79 Å². The maximum atomic E-state index is 14.0. The summed E-state index contributed by atoms with van der Waals surface area (Å²) >= 11 is 1.57. The fourth-order valence-electron chi connectivity index (χ4n) is 4.13. The zero-order chi connectivity index (χ0) is 28.3. The molecule has 2 aromatic rings. The monoisotopic (exact) mass is 539 g/mol. The summed E-state index contributed by atoms with van der Waals surface area (Å²) < 4.78 is 5.42. The lowest BCUT2D eigenvalue weighted by molar-refractivity contribution is -0.142. The van der Waals surface area contributed by atoms with Crippen LogP contribution >= 0.6 is 11.8 Å². The van der Waals surface area contributed by atoms with Crippen LogP contribution in [0.15, 0.2) is 61.2 Å². The molecular formula is C30H41N3O4S. The summed E-state index contributed by atoms with van der Waals surface area (Å²) in [6, 6.07) is 13.7. The van der Waals surface area contributed by atoms with E-state index >= 15 is 0 Å². The summed E-state index contributed by atoms with van der Waals surface area (Å²) in [7, 11) is 0. The molecule has 7 nitrogen and oxygen atoms in total. The second-order valence-electron chi connectivity index (χ2n) is 10.3. The van der Waals surface area contributed by atoms with Gasteiger partial charge in [-0.15, -0.1) is 6.58 Å². The lowest BCUT2D eigenvalue weighted by Gasteiger charge is -2.34. The summed E-state index contributed by atoms with van der Waals surface area (Å²) in [5.41, 5.74) is 2.90. The smallest absolute Gasteiger partial charge is 0.408 e. The van der Waals surface area contributed by atoms with Gasteiger partial charge in [0.15, 0.2) is 0 Å². The molecule has 0 radical (unpaired) electrons. The van der Waals surface area contributed by atoms with Crippen molar-refractivity contribution in [3.63, 3.8) is 0 Å². The van der Waals surface area contributed by atoms with E-state index in [-0.39, 0.29) is 18.4 Å². The second-order valence-corrected chi connectivity index (χ2v) is 11.3. The minimum atomic E-state index is -0.917. The van der Waals surface area contributed by atoms with E-state index < -0.39 is 23.8 Å². The fourth-order valence-corrected chi connectivity index (χ4v) is 4.60. The summed E-state index contributed by atoms with van der Waals surface area (Å²) in [5.74, 6) is -0.0403. The number of benzene rings is 2. The number of aryl methyl sites for hydroxylation is 2. The molecule has 0 aromatic heterocycles. The predicted molar refractivity (Wildman–Crippen MR) is 155 cm³/mol. The van der Waals surface area contributed by atoms with Crippen LogP contribution in [0.5, 0.6) is 0 Å². The van der Waals surface area contributed by atoms with E-state index in [1.54, 1.807) is 38.6 Å². The number of ether oxygens (including phenoxy) is 1. The minimum Gasteiger partial charge on any atom is -0.444 e. The zero-order valence-electron chi connectivity index (χ0n) is 23.4. The number of hydrogen-bond acceptors (Lipinski definition) is 5. The zero-order valence-corrected chi connectivity index (χ0v) is 24.2. The fraction of sp³-hybridized carbons (Fsp3) is 0.433. The molecule has 0 heterocycles. The number of carbonyl (C=O) groups is 3. The van der Waals surface area contributed by atoms with Crippen molar-refractivity contribution in [1.29, 1.82) is 0 Å². The molecule has 2 aromatic carbocycles. The molecule has 2 N–H and O–H groups in total. The summed E-state index contributed by atoms with van der Waals surface area (Å²) in [5, 5.41) is 5.74. The van der Waals surface area contributed by atoms with Crippen LogP contribution in [0.1, 0.15) is 55.5 Å². The van der Waals surface area contributed by atoms with Crippen molar-refractivity contribution in [1.82, 2.24) is 15.5 Å². The Morgan fingerprint density at radius 3 is 2.26 bits per heavy atom. The van der Waals surface area contributed by atoms with Crippen LogP contribution in [0.4, 0.5) is 4.79 Å². The van der Waals surface area contributed by atoms with Crippen molar-refractivity contribution < 1.29 is 19.1 Å². The molecule has 206 valence electrons. The summed E-state index contributed by atoms with van der Waals surface area (Å²) in [6.45, 7) is 13.5. The first-order valence-electron chi connectivity index (χ1n) is 12.7. The van der Waals surface area contributed by atoms with Gasteiger partial charge in [-0.3, -0.25) is 9.59 Å². The summed E-state index contributed by atoms with van der Waals surface area (Å²) in [4.78, 5) is 41.9. The molecule has 3 amide bonds. The van der Waals surface area contributed by atoms with Gasteiger partial charge in [-0.1, -0.05) is 65.7 Å². The number of amides is 3. The Morgan fingerprint density at radius 1 is 1.08 bits per heavy atom. The van der Waals surface area contributed by atoms with Gasteiger partial charge in [-0.2, -0.15) is 11.8 Å². The van der Waals surface area contributed by atoms with E-state index in [2.05, 4.69) is 17.2 Å². The largest absolute Gasteiger partial charge is 0.444 e. The van der Waals surface area contributed by atoms with Gasteiger partial charge in [0, 0.05) is 13.1 Å². The van der Waals surface area contributed by atoms with E-state index in [0.717, 1.165) is 16.7 Å². The molecule has 0 aliphatic rings. The summed E-state index contributed by atoms with van der Waals surface area (Å²) in [6.07, 6.45) is 3.24. The van der Waals surface area contributed by atoms with E-state index in [1.165, 1.54) is 4.90 Å². The van der Waals surface area contributed by atoms with Crippen LogP contribution in [-0.4, -0.2) is 53.0 Å². The molecule has 0 fully saturated rings. The number of alkyl carbamates (subject to hydrolysis) is 1. The first-order valence-corrected chi connectivity index (χ1v) is 14.1. The molecule has 8 heteroatoms. The number of carbonyl (C=O) groups excluding carboxylic acids is 3. The van der Waals surface area contributed by atoms with Gasteiger partial charge in [0.2, 0.25) is 11.8 Å². The highest BCUT2D eigenvalue weighted by molar-refractivity contribution is 7.98. The third kappa shape index (κ3) is 9.89. The van der Waals surface area contributed by atoms with Gasteiger partial charge in [0.05, 0.1) is 0 Å². The second kappa shape index (κ2) is 14.6. The van der Waals surface area contributed by atoms with Gasteiger partial charge in [0.25, 0.3) is 0 Å². The third-order valence-corrected chi connectivity index (χ3v) is 6.28. The van der Waals surface area contributed by atoms with Gasteiger partial charge in [0.1, 0.15) is 17.7 Å². The average Bonchev–Trinajstić information content (AvgIpc) is 2.83. The molecule has 0 bridgehead atoms. The lowest BCUT2D eigenvalue weighted by Crippen LogP contribution is -2.53.